The van der Waals surface area contributed by atoms with E-state index in [-0.39, 0.29) is 11.6 Å². The fourth-order valence-corrected chi connectivity index (χ4v) is 3.29. The summed E-state index contributed by atoms with van der Waals surface area (Å²) in [5, 5.41) is 2.67. The summed E-state index contributed by atoms with van der Waals surface area (Å²) in [5.41, 5.74) is 0.429. The molecule has 1 heterocycles. The lowest BCUT2D eigenvalue weighted by Crippen LogP contribution is -2.44. The number of sulfone groups is 1. The van der Waals surface area contributed by atoms with Crippen molar-refractivity contribution in [2.45, 2.75) is 18.2 Å². The molecular formula is C11H14FNO2S. The quantitative estimate of drug-likeness (QED) is 0.808. The standard InChI is InChI=1S/C11H14FNO2S/c1-8-6-13-11(7-16(8,14)15)9-4-2-3-5-10(9)12/h2-5,8,11,13H,6-7H2,1H3. The minimum Gasteiger partial charge on any atom is -0.308 e. The smallest absolute Gasteiger partial charge is 0.156 e. The lowest BCUT2D eigenvalue weighted by Gasteiger charge is -2.28. The third-order valence-corrected chi connectivity index (χ3v) is 5.14. The summed E-state index contributed by atoms with van der Waals surface area (Å²) in [6.07, 6.45) is 0. The number of benzene rings is 1. The first kappa shape index (κ1) is 11.5. The van der Waals surface area contributed by atoms with Gasteiger partial charge in [-0.3, -0.25) is 0 Å². The van der Waals surface area contributed by atoms with Crippen molar-refractivity contribution < 1.29 is 12.8 Å². The van der Waals surface area contributed by atoms with E-state index in [9.17, 15) is 12.8 Å². The van der Waals surface area contributed by atoms with Gasteiger partial charge in [0.1, 0.15) is 5.82 Å². The van der Waals surface area contributed by atoms with Crippen LogP contribution in [0.2, 0.25) is 0 Å². The Labute approximate surface area is 94.6 Å². The summed E-state index contributed by atoms with van der Waals surface area (Å²) in [7, 11) is -3.10. The highest BCUT2D eigenvalue weighted by Crippen LogP contribution is 2.23. The fraction of sp³-hybridized carbons (Fsp3) is 0.455. The molecule has 2 rings (SSSR count). The van der Waals surface area contributed by atoms with E-state index in [2.05, 4.69) is 5.32 Å². The van der Waals surface area contributed by atoms with Crippen molar-refractivity contribution in [1.82, 2.24) is 5.32 Å². The van der Waals surface area contributed by atoms with Gasteiger partial charge in [-0.1, -0.05) is 18.2 Å². The molecule has 0 bridgehead atoms. The molecule has 2 unspecified atom stereocenters. The van der Waals surface area contributed by atoms with Crippen LogP contribution in [0.4, 0.5) is 4.39 Å². The highest BCUT2D eigenvalue weighted by molar-refractivity contribution is 7.92. The van der Waals surface area contributed by atoms with Gasteiger partial charge in [0, 0.05) is 18.2 Å². The Morgan fingerprint density at radius 3 is 2.69 bits per heavy atom. The Bertz CT molecular complexity index is 487. The molecule has 3 nitrogen and oxygen atoms in total. The van der Waals surface area contributed by atoms with E-state index in [0.717, 1.165) is 0 Å². The van der Waals surface area contributed by atoms with Gasteiger partial charge in [0.2, 0.25) is 0 Å². The summed E-state index contributed by atoms with van der Waals surface area (Å²) in [6.45, 7) is 2.04. The van der Waals surface area contributed by atoms with E-state index in [1.807, 2.05) is 0 Å². The summed E-state index contributed by atoms with van der Waals surface area (Å²) < 4.78 is 36.9. The van der Waals surface area contributed by atoms with Gasteiger partial charge in [-0.05, 0) is 13.0 Å². The largest absolute Gasteiger partial charge is 0.308 e. The van der Waals surface area contributed by atoms with Gasteiger partial charge in [-0.15, -0.1) is 0 Å². The highest BCUT2D eigenvalue weighted by atomic mass is 32.2. The number of hydrogen-bond donors (Lipinski definition) is 1. The number of hydrogen-bond acceptors (Lipinski definition) is 3. The van der Waals surface area contributed by atoms with E-state index in [1.165, 1.54) is 6.07 Å². The van der Waals surface area contributed by atoms with E-state index < -0.39 is 21.1 Å². The van der Waals surface area contributed by atoms with E-state index in [1.54, 1.807) is 25.1 Å². The summed E-state index contributed by atoms with van der Waals surface area (Å²) in [6, 6.07) is 5.85. The molecule has 0 aromatic heterocycles. The molecule has 16 heavy (non-hydrogen) atoms. The molecule has 0 radical (unpaired) electrons. The van der Waals surface area contributed by atoms with Crippen LogP contribution < -0.4 is 5.32 Å². The van der Waals surface area contributed by atoms with Crippen LogP contribution in [0.1, 0.15) is 18.5 Å². The van der Waals surface area contributed by atoms with Gasteiger partial charge >= 0.3 is 0 Å². The number of halogens is 1. The second-order valence-electron chi connectivity index (χ2n) is 4.12. The molecule has 1 saturated heterocycles. The van der Waals surface area contributed by atoms with Crippen molar-refractivity contribution in [3.63, 3.8) is 0 Å². The normalized spacial score (nSPS) is 28.9. The molecule has 1 aromatic carbocycles. The van der Waals surface area contributed by atoms with Crippen molar-refractivity contribution in [2.75, 3.05) is 12.3 Å². The molecule has 2 atom stereocenters. The second kappa shape index (κ2) is 4.14. The van der Waals surface area contributed by atoms with Gasteiger partial charge < -0.3 is 5.32 Å². The van der Waals surface area contributed by atoms with Crippen molar-refractivity contribution in [1.29, 1.82) is 0 Å². The molecule has 0 spiro atoms. The van der Waals surface area contributed by atoms with Crippen LogP contribution in [0.15, 0.2) is 24.3 Å². The van der Waals surface area contributed by atoms with Crippen LogP contribution in [0.5, 0.6) is 0 Å². The zero-order chi connectivity index (χ0) is 11.8. The first-order chi connectivity index (χ1) is 7.50. The lowest BCUT2D eigenvalue weighted by molar-refractivity contribution is 0.485. The number of nitrogens with one attached hydrogen (secondary N) is 1. The molecule has 1 aliphatic heterocycles. The average Bonchev–Trinajstić information content (AvgIpc) is 2.23. The highest BCUT2D eigenvalue weighted by Gasteiger charge is 2.32. The molecule has 1 N–H and O–H groups in total. The van der Waals surface area contributed by atoms with Gasteiger partial charge in [0.25, 0.3) is 0 Å². The summed E-state index contributed by atoms with van der Waals surface area (Å²) >= 11 is 0. The van der Waals surface area contributed by atoms with Gasteiger partial charge in [0.15, 0.2) is 9.84 Å². The van der Waals surface area contributed by atoms with Crippen LogP contribution in [0.3, 0.4) is 0 Å². The average molecular weight is 243 g/mol. The topological polar surface area (TPSA) is 46.2 Å². The third kappa shape index (κ3) is 2.10. The van der Waals surface area contributed by atoms with Gasteiger partial charge in [-0.25, -0.2) is 12.8 Å². The summed E-state index contributed by atoms with van der Waals surface area (Å²) in [4.78, 5) is 0. The molecule has 1 aromatic rings. The van der Waals surface area contributed by atoms with Crippen LogP contribution in [-0.2, 0) is 9.84 Å². The minimum atomic E-state index is -3.10. The van der Waals surface area contributed by atoms with Crippen molar-refractivity contribution in [3.8, 4) is 0 Å². The molecule has 0 aliphatic carbocycles. The van der Waals surface area contributed by atoms with Crippen LogP contribution in [-0.4, -0.2) is 26.0 Å². The molecular weight excluding hydrogens is 229 g/mol. The summed E-state index contributed by atoms with van der Waals surface area (Å²) in [5.74, 6) is -0.389. The zero-order valence-corrected chi connectivity index (χ0v) is 9.80. The van der Waals surface area contributed by atoms with E-state index in [4.69, 9.17) is 0 Å². The Hall–Kier alpha value is -0.940. The first-order valence-electron chi connectivity index (χ1n) is 5.20. The maximum atomic E-state index is 13.5. The maximum absolute atomic E-state index is 13.5. The van der Waals surface area contributed by atoms with Crippen LogP contribution in [0, 0.1) is 5.82 Å². The number of rotatable bonds is 1. The lowest BCUT2D eigenvalue weighted by atomic mass is 10.1. The van der Waals surface area contributed by atoms with Crippen molar-refractivity contribution in [3.05, 3.63) is 35.6 Å². The molecule has 1 fully saturated rings. The first-order valence-corrected chi connectivity index (χ1v) is 6.91. The maximum Gasteiger partial charge on any atom is 0.156 e. The SMILES string of the molecule is CC1CNC(c2ccccc2F)CS1(=O)=O. The van der Waals surface area contributed by atoms with Gasteiger partial charge in [0.05, 0.1) is 11.0 Å². The Balaban J connectivity index is 2.28. The zero-order valence-electron chi connectivity index (χ0n) is 8.98. The Morgan fingerprint density at radius 1 is 1.38 bits per heavy atom. The van der Waals surface area contributed by atoms with Gasteiger partial charge in [-0.2, -0.15) is 0 Å². The van der Waals surface area contributed by atoms with E-state index >= 15 is 0 Å². The molecule has 5 heteroatoms. The second-order valence-corrected chi connectivity index (χ2v) is 6.59. The Morgan fingerprint density at radius 2 is 2.06 bits per heavy atom. The molecule has 0 saturated carbocycles. The predicted molar refractivity (Wildman–Crippen MR) is 60.4 cm³/mol. The third-order valence-electron chi connectivity index (χ3n) is 2.94. The monoisotopic (exact) mass is 243 g/mol. The van der Waals surface area contributed by atoms with Crippen LogP contribution in [0.25, 0.3) is 0 Å². The molecule has 88 valence electrons. The minimum absolute atomic E-state index is 0.0326. The van der Waals surface area contributed by atoms with E-state index in [0.29, 0.717) is 12.1 Å². The van der Waals surface area contributed by atoms with Crippen molar-refractivity contribution >= 4 is 9.84 Å². The molecule has 1 aliphatic rings. The van der Waals surface area contributed by atoms with Crippen molar-refractivity contribution in [2.24, 2.45) is 0 Å². The Kier molecular flexibility index (Phi) is 2.99. The molecule has 0 amide bonds. The fourth-order valence-electron chi connectivity index (χ4n) is 1.85. The van der Waals surface area contributed by atoms with Crippen LogP contribution >= 0.6 is 0 Å². The predicted octanol–water partition coefficient (Wildman–Crippen LogP) is 1.27.